The Morgan fingerprint density at radius 2 is 2.20 bits per heavy atom. The van der Waals surface area contributed by atoms with Crippen LogP contribution in [0.5, 0.6) is 0 Å². The fourth-order valence-electron chi connectivity index (χ4n) is 2.46. The molecule has 1 aliphatic rings. The molecular weight excluding hydrogens is 252 g/mol. The molecule has 2 atom stereocenters. The van der Waals surface area contributed by atoms with Crippen molar-refractivity contribution in [3.8, 4) is 0 Å². The van der Waals surface area contributed by atoms with Gasteiger partial charge in [-0.2, -0.15) is 5.10 Å². The van der Waals surface area contributed by atoms with Crippen LogP contribution < -0.4 is 10.2 Å². The van der Waals surface area contributed by atoms with E-state index in [4.69, 9.17) is 4.74 Å². The number of anilines is 1. The molecule has 0 spiro atoms. The first-order valence-corrected chi connectivity index (χ1v) is 7.66. The highest BCUT2D eigenvalue weighted by Gasteiger charge is 2.26. The number of hydrogen-bond donors (Lipinski definition) is 1. The minimum Gasteiger partial charge on any atom is -0.375 e. The zero-order chi connectivity index (χ0) is 14.4. The molecule has 0 aromatic carbocycles. The van der Waals surface area contributed by atoms with Gasteiger partial charge in [-0.05, 0) is 38.4 Å². The Morgan fingerprint density at radius 3 is 2.85 bits per heavy atom. The van der Waals surface area contributed by atoms with Gasteiger partial charge in [-0.1, -0.05) is 13.8 Å². The smallest absolute Gasteiger partial charge is 0.151 e. The van der Waals surface area contributed by atoms with Crippen molar-refractivity contribution in [1.82, 2.24) is 15.5 Å². The zero-order valence-corrected chi connectivity index (χ0v) is 12.8. The second kappa shape index (κ2) is 7.55. The zero-order valence-electron chi connectivity index (χ0n) is 12.8. The Balaban J connectivity index is 2.00. The Hall–Kier alpha value is -1.20. The lowest BCUT2D eigenvalue weighted by Crippen LogP contribution is -2.49. The highest BCUT2D eigenvalue weighted by atomic mass is 16.5. The molecule has 1 fully saturated rings. The standard InChI is InChI=1S/C15H26N4O/c1-4-8-16-9-13-6-7-15(18-17-13)19-10-12(3)20-11-14(19)5-2/h6-7,12,14,16H,4-5,8-11H2,1-3H3. The first-order chi connectivity index (χ1) is 9.74. The van der Waals surface area contributed by atoms with Gasteiger partial charge in [0.2, 0.25) is 0 Å². The topological polar surface area (TPSA) is 50.3 Å². The van der Waals surface area contributed by atoms with Crippen molar-refractivity contribution in [1.29, 1.82) is 0 Å². The van der Waals surface area contributed by atoms with E-state index in [1.54, 1.807) is 0 Å². The SMILES string of the molecule is CCCNCc1ccc(N2CC(C)OCC2CC)nn1. The normalized spacial score (nSPS) is 23.1. The predicted octanol–water partition coefficient (Wildman–Crippen LogP) is 1.98. The van der Waals surface area contributed by atoms with Crippen LogP contribution in [0.15, 0.2) is 12.1 Å². The molecule has 1 aliphatic heterocycles. The van der Waals surface area contributed by atoms with E-state index in [1.165, 1.54) is 0 Å². The lowest BCUT2D eigenvalue weighted by atomic mass is 10.1. The summed E-state index contributed by atoms with van der Waals surface area (Å²) in [6, 6.07) is 4.55. The maximum Gasteiger partial charge on any atom is 0.151 e. The highest BCUT2D eigenvalue weighted by Crippen LogP contribution is 2.21. The van der Waals surface area contributed by atoms with Crippen LogP contribution in [0.3, 0.4) is 0 Å². The van der Waals surface area contributed by atoms with Gasteiger partial charge in [0.05, 0.1) is 24.4 Å². The van der Waals surface area contributed by atoms with Gasteiger partial charge in [0.1, 0.15) is 0 Å². The fraction of sp³-hybridized carbons (Fsp3) is 0.733. The van der Waals surface area contributed by atoms with Crippen molar-refractivity contribution in [2.75, 3.05) is 24.6 Å². The number of hydrogen-bond acceptors (Lipinski definition) is 5. The van der Waals surface area contributed by atoms with Gasteiger partial charge < -0.3 is 15.0 Å². The Labute approximate surface area is 121 Å². The summed E-state index contributed by atoms with van der Waals surface area (Å²) >= 11 is 0. The summed E-state index contributed by atoms with van der Waals surface area (Å²) in [6.45, 7) is 9.93. The molecule has 1 aromatic heterocycles. The van der Waals surface area contributed by atoms with Crippen LogP contribution >= 0.6 is 0 Å². The summed E-state index contributed by atoms with van der Waals surface area (Å²) in [6.07, 6.45) is 2.45. The van der Waals surface area contributed by atoms with Crippen LogP contribution in [0.4, 0.5) is 5.82 Å². The monoisotopic (exact) mass is 278 g/mol. The van der Waals surface area contributed by atoms with Gasteiger partial charge in [-0.25, -0.2) is 0 Å². The second-order valence-corrected chi connectivity index (χ2v) is 5.42. The van der Waals surface area contributed by atoms with E-state index in [1.807, 2.05) is 0 Å². The number of ether oxygens (including phenoxy) is 1. The number of nitrogens with zero attached hydrogens (tertiary/aromatic N) is 3. The van der Waals surface area contributed by atoms with Crippen molar-refractivity contribution < 1.29 is 4.74 Å². The van der Waals surface area contributed by atoms with Gasteiger partial charge in [0.25, 0.3) is 0 Å². The van der Waals surface area contributed by atoms with Crippen molar-refractivity contribution >= 4 is 5.82 Å². The molecule has 0 aliphatic carbocycles. The minimum atomic E-state index is 0.255. The summed E-state index contributed by atoms with van der Waals surface area (Å²) in [5.74, 6) is 0.964. The van der Waals surface area contributed by atoms with Crippen LogP contribution in [0.1, 0.15) is 39.3 Å². The Kier molecular flexibility index (Phi) is 5.73. The number of rotatable bonds is 6. The second-order valence-electron chi connectivity index (χ2n) is 5.42. The van der Waals surface area contributed by atoms with Crippen LogP contribution in [0.2, 0.25) is 0 Å². The maximum absolute atomic E-state index is 5.72. The maximum atomic E-state index is 5.72. The average molecular weight is 278 g/mol. The first-order valence-electron chi connectivity index (χ1n) is 7.66. The molecule has 0 radical (unpaired) electrons. The van der Waals surface area contributed by atoms with Gasteiger partial charge in [-0.15, -0.1) is 5.10 Å². The van der Waals surface area contributed by atoms with E-state index in [9.17, 15) is 0 Å². The molecule has 0 bridgehead atoms. The Morgan fingerprint density at radius 1 is 1.35 bits per heavy atom. The van der Waals surface area contributed by atoms with Crippen molar-refractivity contribution in [3.63, 3.8) is 0 Å². The lowest BCUT2D eigenvalue weighted by molar-refractivity contribution is 0.0295. The molecule has 112 valence electrons. The highest BCUT2D eigenvalue weighted by molar-refractivity contribution is 5.39. The molecule has 0 saturated carbocycles. The lowest BCUT2D eigenvalue weighted by Gasteiger charge is -2.38. The van der Waals surface area contributed by atoms with E-state index in [-0.39, 0.29) is 6.10 Å². The van der Waals surface area contributed by atoms with Gasteiger partial charge in [0, 0.05) is 13.1 Å². The van der Waals surface area contributed by atoms with Crippen LogP contribution in [0.25, 0.3) is 0 Å². The molecule has 2 rings (SSSR count). The summed E-state index contributed by atoms with van der Waals surface area (Å²) in [7, 11) is 0. The number of morpholine rings is 1. The molecule has 1 saturated heterocycles. The largest absolute Gasteiger partial charge is 0.375 e. The minimum absolute atomic E-state index is 0.255. The summed E-state index contributed by atoms with van der Waals surface area (Å²) in [5, 5.41) is 12.1. The van der Waals surface area contributed by atoms with Gasteiger partial charge in [-0.3, -0.25) is 0 Å². The van der Waals surface area contributed by atoms with Crippen LogP contribution in [-0.2, 0) is 11.3 Å². The first kappa shape index (κ1) is 15.2. The summed E-state index contributed by atoms with van der Waals surface area (Å²) in [5.41, 5.74) is 0.997. The molecule has 5 nitrogen and oxygen atoms in total. The third-order valence-electron chi connectivity index (χ3n) is 3.67. The quantitative estimate of drug-likeness (QED) is 0.806. The molecule has 5 heteroatoms. The number of aromatic nitrogens is 2. The molecular formula is C15H26N4O. The fourth-order valence-corrected chi connectivity index (χ4v) is 2.46. The van der Waals surface area contributed by atoms with Crippen molar-refractivity contribution in [2.24, 2.45) is 0 Å². The van der Waals surface area contributed by atoms with E-state index >= 15 is 0 Å². The third-order valence-corrected chi connectivity index (χ3v) is 3.67. The van der Waals surface area contributed by atoms with Gasteiger partial charge in [0.15, 0.2) is 5.82 Å². The predicted molar refractivity (Wildman–Crippen MR) is 80.9 cm³/mol. The third kappa shape index (κ3) is 3.90. The van der Waals surface area contributed by atoms with E-state index < -0.39 is 0 Å². The van der Waals surface area contributed by atoms with E-state index in [0.29, 0.717) is 6.04 Å². The van der Waals surface area contributed by atoms with Crippen LogP contribution in [0, 0.1) is 0 Å². The molecule has 1 aromatic rings. The summed E-state index contributed by atoms with van der Waals surface area (Å²) < 4.78 is 5.72. The van der Waals surface area contributed by atoms with E-state index in [2.05, 4.69) is 53.3 Å². The van der Waals surface area contributed by atoms with Crippen molar-refractivity contribution in [3.05, 3.63) is 17.8 Å². The molecule has 1 N–H and O–H groups in total. The molecule has 0 amide bonds. The molecule has 20 heavy (non-hydrogen) atoms. The van der Waals surface area contributed by atoms with E-state index in [0.717, 1.165) is 50.6 Å². The average Bonchev–Trinajstić information content (AvgIpc) is 2.48. The summed E-state index contributed by atoms with van der Waals surface area (Å²) in [4.78, 5) is 2.32. The Bertz CT molecular complexity index is 395. The molecule has 2 heterocycles. The van der Waals surface area contributed by atoms with Crippen molar-refractivity contribution in [2.45, 2.75) is 52.3 Å². The molecule has 2 unspecified atom stereocenters. The number of nitrogens with one attached hydrogen (secondary N) is 1. The van der Waals surface area contributed by atoms with Gasteiger partial charge >= 0.3 is 0 Å². The van der Waals surface area contributed by atoms with Crippen LogP contribution in [-0.4, -0.2) is 42.0 Å².